The van der Waals surface area contributed by atoms with Crippen LogP contribution in [0.2, 0.25) is 0 Å². The summed E-state index contributed by atoms with van der Waals surface area (Å²) < 4.78 is 26.9. The summed E-state index contributed by atoms with van der Waals surface area (Å²) in [5.74, 6) is 0.761. The van der Waals surface area contributed by atoms with Gasteiger partial charge in [0.1, 0.15) is 5.82 Å². The molecule has 0 spiro atoms. The number of nitrogens with one attached hydrogen (secondary N) is 3. The van der Waals surface area contributed by atoms with Gasteiger partial charge in [-0.3, -0.25) is 0 Å². The van der Waals surface area contributed by atoms with Crippen LogP contribution in [0.15, 0.2) is 41.6 Å². The van der Waals surface area contributed by atoms with E-state index in [2.05, 4.69) is 20.0 Å². The molecule has 7 heteroatoms. The Morgan fingerprint density at radius 3 is 2.90 bits per heavy atom. The fraction of sp³-hybridized carbons (Fsp3) is 0.308. The lowest BCUT2D eigenvalue weighted by Crippen LogP contribution is -2.26. The van der Waals surface area contributed by atoms with Crippen LogP contribution in [0.1, 0.15) is 11.4 Å². The molecule has 0 aliphatic rings. The minimum absolute atomic E-state index is 0.282. The summed E-state index contributed by atoms with van der Waals surface area (Å²) in [6.45, 7) is 0.946. The fourth-order valence-corrected chi connectivity index (χ4v) is 2.95. The van der Waals surface area contributed by atoms with Gasteiger partial charge in [-0.05, 0) is 24.7 Å². The van der Waals surface area contributed by atoms with Gasteiger partial charge in [0.2, 0.25) is 10.0 Å². The molecule has 2 rings (SSSR count). The number of aromatic amines is 1. The zero-order valence-electron chi connectivity index (χ0n) is 11.3. The van der Waals surface area contributed by atoms with E-state index in [4.69, 9.17) is 0 Å². The molecule has 0 amide bonds. The Bertz CT molecular complexity index is 638. The number of nitrogens with zero attached hydrogens (tertiary/aromatic N) is 1. The van der Waals surface area contributed by atoms with Crippen LogP contribution in [0, 0.1) is 0 Å². The van der Waals surface area contributed by atoms with Crippen molar-refractivity contribution in [1.82, 2.24) is 20.0 Å². The predicted molar refractivity (Wildman–Crippen MR) is 76.7 cm³/mol. The lowest BCUT2D eigenvalue weighted by molar-refractivity contribution is 0.580. The SMILES string of the molecule is CNCc1cccc(S(=O)(=O)NCCc2ncc[nH]2)c1. The molecule has 1 aromatic carbocycles. The molecular weight excluding hydrogens is 276 g/mol. The van der Waals surface area contributed by atoms with Crippen LogP contribution in [0.4, 0.5) is 0 Å². The first kappa shape index (κ1) is 14.7. The maximum atomic E-state index is 12.2. The lowest BCUT2D eigenvalue weighted by atomic mass is 10.2. The zero-order chi connectivity index (χ0) is 14.4. The molecule has 0 saturated heterocycles. The van der Waals surface area contributed by atoms with Gasteiger partial charge in [0.25, 0.3) is 0 Å². The number of sulfonamides is 1. The molecule has 0 saturated carbocycles. The van der Waals surface area contributed by atoms with Gasteiger partial charge in [-0.2, -0.15) is 0 Å². The molecule has 1 aromatic heterocycles. The number of rotatable bonds is 7. The van der Waals surface area contributed by atoms with E-state index in [-0.39, 0.29) is 4.90 Å². The molecule has 1 heterocycles. The monoisotopic (exact) mass is 294 g/mol. The minimum Gasteiger partial charge on any atom is -0.349 e. The third-order valence-electron chi connectivity index (χ3n) is 2.80. The van der Waals surface area contributed by atoms with Crippen LogP contribution in [0.5, 0.6) is 0 Å². The van der Waals surface area contributed by atoms with E-state index in [0.29, 0.717) is 19.5 Å². The molecule has 3 N–H and O–H groups in total. The highest BCUT2D eigenvalue weighted by atomic mass is 32.2. The van der Waals surface area contributed by atoms with Gasteiger partial charge >= 0.3 is 0 Å². The quantitative estimate of drug-likeness (QED) is 0.700. The molecule has 2 aromatic rings. The second-order valence-corrected chi connectivity index (χ2v) is 6.13. The lowest BCUT2D eigenvalue weighted by Gasteiger charge is -2.08. The smallest absolute Gasteiger partial charge is 0.240 e. The minimum atomic E-state index is -3.47. The summed E-state index contributed by atoms with van der Waals surface area (Å²) in [6, 6.07) is 6.90. The molecule has 108 valence electrons. The van der Waals surface area contributed by atoms with E-state index in [0.717, 1.165) is 11.4 Å². The first-order valence-corrected chi connectivity index (χ1v) is 7.81. The summed E-state index contributed by atoms with van der Waals surface area (Å²) in [6.07, 6.45) is 3.89. The number of benzene rings is 1. The number of hydrogen-bond acceptors (Lipinski definition) is 4. The van der Waals surface area contributed by atoms with Crippen LogP contribution < -0.4 is 10.0 Å². The van der Waals surface area contributed by atoms with Crippen LogP contribution in [-0.4, -0.2) is 32.0 Å². The first-order chi connectivity index (χ1) is 9.62. The Hall–Kier alpha value is -1.70. The number of imidazole rings is 1. The fourth-order valence-electron chi connectivity index (χ4n) is 1.85. The summed E-state index contributed by atoms with van der Waals surface area (Å²) in [5, 5.41) is 3.00. The highest BCUT2D eigenvalue weighted by Gasteiger charge is 2.13. The van der Waals surface area contributed by atoms with E-state index < -0.39 is 10.0 Å². The second-order valence-electron chi connectivity index (χ2n) is 4.36. The first-order valence-electron chi connectivity index (χ1n) is 6.33. The van der Waals surface area contributed by atoms with Crippen molar-refractivity contribution < 1.29 is 8.42 Å². The highest BCUT2D eigenvalue weighted by Crippen LogP contribution is 2.11. The van der Waals surface area contributed by atoms with Gasteiger partial charge in [0.05, 0.1) is 4.90 Å². The summed E-state index contributed by atoms with van der Waals surface area (Å²) in [4.78, 5) is 7.27. The average molecular weight is 294 g/mol. The van der Waals surface area contributed by atoms with Crippen molar-refractivity contribution in [2.24, 2.45) is 0 Å². The van der Waals surface area contributed by atoms with Crippen molar-refractivity contribution in [3.05, 3.63) is 48.0 Å². The van der Waals surface area contributed by atoms with Crippen molar-refractivity contribution in [2.45, 2.75) is 17.9 Å². The molecular formula is C13H18N4O2S. The molecule has 0 aliphatic carbocycles. The van der Waals surface area contributed by atoms with Gasteiger partial charge in [-0.15, -0.1) is 0 Å². The topological polar surface area (TPSA) is 86.9 Å². The Morgan fingerprint density at radius 2 is 2.20 bits per heavy atom. The predicted octanol–water partition coefficient (Wildman–Crippen LogP) is 0.650. The molecule has 0 unspecified atom stereocenters. The largest absolute Gasteiger partial charge is 0.349 e. The molecule has 0 radical (unpaired) electrons. The normalized spacial score (nSPS) is 11.7. The van der Waals surface area contributed by atoms with Crippen molar-refractivity contribution in [2.75, 3.05) is 13.6 Å². The molecule has 20 heavy (non-hydrogen) atoms. The third kappa shape index (κ3) is 3.89. The van der Waals surface area contributed by atoms with Crippen molar-refractivity contribution in [3.8, 4) is 0 Å². The summed E-state index contributed by atoms with van der Waals surface area (Å²) in [7, 11) is -1.65. The van der Waals surface area contributed by atoms with Crippen LogP contribution in [0.3, 0.4) is 0 Å². The van der Waals surface area contributed by atoms with E-state index in [9.17, 15) is 8.42 Å². The molecule has 0 atom stereocenters. The Balaban J connectivity index is 2.00. The van der Waals surface area contributed by atoms with Gasteiger partial charge < -0.3 is 10.3 Å². The Morgan fingerprint density at radius 1 is 1.35 bits per heavy atom. The van der Waals surface area contributed by atoms with Gasteiger partial charge in [0.15, 0.2) is 0 Å². The van der Waals surface area contributed by atoms with Gasteiger partial charge in [-0.1, -0.05) is 12.1 Å². The number of hydrogen-bond donors (Lipinski definition) is 3. The second kappa shape index (κ2) is 6.65. The summed E-state index contributed by atoms with van der Waals surface area (Å²) >= 11 is 0. The maximum absolute atomic E-state index is 12.2. The molecule has 0 bridgehead atoms. The van der Waals surface area contributed by atoms with E-state index in [1.165, 1.54) is 0 Å². The molecule has 6 nitrogen and oxygen atoms in total. The van der Waals surface area contributed by atoms with E-state index in [1.54, 1.807) is 30.6 Å². The van der Waals surface area contributed by atoms with Crippen LogP contribution in [0.25, 0.3) is 0 Å². The Labute approximate surface area is 118 Å². The zero-order valence-corrected chi connectivity index (χ0v) is 12.1. The summed E-state index contributed by atoms with van der Waals surface area (Å²) in [5.41, 5.74) is 0.932. The maximum Gasteiger partial charge on any atom is 0.240 e. The molecule has 0 aliphatic heterocycles. The van der Waals surface area contributed by atoms with E-state index in [1.807, 2.05) is 13.1 Å². The van der Waals surface area contributed by atoms with Crippen LogP contribution >= 0.6 is 0 Å². The van der Waals surface area contributed by atoms with Gasteiger partial charge in [0, 0.05) is 31.9 Å². The van der Waals surface area contributed by atoms with Crippen molar-refractivity contribution in [3.63, 3.8) is 0 Å². The number of aromatic nitrogens is 2. The van der Waals surface area contributed by atoms with Crippen molar-refractivity contribution >= 4 is 10.0 Å². The third-order valence-corrected chi connectivity index (χ3v) is 4.26. The molecule has 0 fully saturated rings. The standard InChI is InChI=1S/C13H18N4O2S/c1-14-10-11-3-2-4-12(9-11)20(18,19)17-6-5-13-15-7-8-16-13/h2-4,7-9,14,17H,5-6,10H2,1H3,(H,15,16). The highest BCUT2D eigenvalue weighted by molar-refractivity contribution is 7.89. The van der Waals surface area contributed by atoms with E-state index >= 15 is 0 Å². The van der Waals surface area contributed by atoms with Crippen LogP contribution in [-0.2, 0) is 23.0 Å². The average Bonchev–Trinajstić information content (AvgIpc) is 2.92. The Kier molecular flexibility index (Phi) is 4.89. The van der Waals surface area contributed by atoms with Crippen molar-refractivity contribution in [1.29, 1.82) is 0 Å². The van der Waals surface area contributed by atoms with Gasteiger partial charge in [-0.25, -0.2) is 18.1 Å². The number of H-pyrrole nitrogens is 1.